The molecule has 1 N–H and O–H groups in total. The fourth-order valence-electron chi connectivity index (χ4n) is 3.99. The standard InChI is InChI=1S/C18H30N4/c1-15-5-4-9-21(13-15)14-18(17-6-3-7-19-12-17)22-10-8-20-11-16(22)2/h3,6-7,12,15-16,18,20H,4-5,8-11,13-14H2,1-2H3. The van der Waals surface area contributed by atoms with E-state index in [9.17, 15) is 0 Å². The molecule has 0 amide bonds. The van der Waals surface area contributed by atoms with E-state index in [-0.39, 0.29) is 0 Å². The maximum absolute atomic E-state index is 4.37. The van der Waals surface area contributed by atoms with Crippen LogP contribution in [0.5, 0.6) is 0 Å². The highest BCUT2D eigenvalue weighted by atomic mass is 15.3. The highest BCUT2D eigenvalue weighted by molar-refractivity contribution is 5.15. The number of piperazine rings is 1. The van der Waals surface area contributed by atoms with Crippen LogP contribution >= 0.6 is 0 Å². The first-order valence-corrected chi connectivity index (χ1v) is 8.83. The van der Waals surface area contributed by atoms with Gasteiger partial charge in [-0.2, -0.15) is 0 Å². The second kappa shape index (κ2) is 7.53. The summed E-state index contributed by atoms with van der Waals surface area (Å²) in [5.74, 6) is 0.837. The average Bonchev–Trinajstić information content (AvgIpc) is 2.54. The van der Waals surface area contributed by atoms with Crippen molar-refractivity contribution in [1.29, 1.82) is 0 Å². The number of pyridine rings is 1. The van der Waals surface area contributed by atoms with Gasteiger partial charge in [0.15, 0.2) is 0 Å². The van der Waals surface area contributed by atoms with Gasteiger partial charge in [-0.25, -0.2) is 0 Å². The second-order valence-corrected chi connectivity index (χ2v) is 7.10. The zero-order chi connectivity index (χ0) is 15.4. The van der Waals surface area contributed by atoms with E-state index in [2.05, 4.69) is 52.3 Å². The van der Waals surface area contributed by atoms with Gasteiger partial charge in [0.05, 0.1) is 0 Å². The maximum atomic E-state index is 4.37. The molecule has 0 radical (unpaired) electrons. The third-order valence-electron chi connectivity index (χ3n) is 5.19. The van der Waals surface area contributed by atoms with Gasteiger partial charge in [-0.3, -0.25) is 9.88 Å². The predicted octanol–water partition coefficient (Wildman–Crippen LogP) is 2.15. The van der Waals surface area contributed by atoms with Crippen molar-refractivity contribution >= 4 is 0 Å². The Bertz CT molecular complexity index is 450. The topological polar surface area (TPSA) is 31.4 Å². The number of nitrogens with zero attached hydrogens (tertiary/aromatic N) is 3. The summed E-state index contributed by atoms with van der Waals surface area (Å²) < 4.78 is 0. The minimum absolute atomic E-state index is 0.469. The molecule has 0 aliphatic carbocycles. The fraction of sp³-hybridized carbons (Fsp3) is 0.722. The zero-order valence-electron chi connectivity index (χ0n) is 14.0. The number of nitrogens with one attached hydrogen (secondary N) is 1. The molecule has 2 fully saturated rings. The first-order valence-electron chi connectivity index (χ1n) is 8.83. The van der Waals surface area contributed by atoms with E-state index in [0.717, 1.165) is 32.1 Å². The van der Waals surface area contributed by atoms with Crippen molar-refractivity contribution in [3.8, 4) is 0 Å². The molecule has 3 rings (SSSR count). The van der Waals surface area contributed by atoms with E-state index in [4.69, 9.17) is 0 Å². The maximum Gasteiger partial charge on any atom is 0.0494 e. The summed E-state index contributed by atoms with van der Waals surface area (Å²) in [6, 6.07) is 5.38. The van der Waals surface area contributed by atoms with Gasteiger partial charge in [0, 0.05) is 57.2 Å². The lowest BCUT2D eigenvalue weighted by molar-refractivity contribution is 0.0699. The smallest absolute Gasteiger partial charge is 0.0494 e. The molecular weight excluding hydrogens is 272 g/mol. The summed E-state index contributed by atoms with van der Waals surface area (Å²) in [5.41, 5.74) is 1.37. The summed E-state index contributed by atoms with van der Waals surface area (Å²) >= 11 is 0. The molecule has 2 aliphatic heterocycles. The van der Waals surface area contributed by atoms with Crippen LogP contribution in [0.2, 0.25) is 0 Å². The van der Waals surface area contributed by atoms with Crippen LogP contribution in [-0.2, 0) is 0 Å². The highest BCUT2D eigenvalue weighted by Crippen LogP contribution is 2.26. The molecule has 4 heteroatoms. The summed E-state index contributed by atoms with van der Waals surface area (Å²) in [6.07, 6.45) is 6.67. The zero-order valence-corrected chi connectivity index (χ0v) is 14.0. The summed E-state index contributed by atoms with van der Waals surface area (Å²) in [7, 11) is 0. The summed E-state index contributed by atoms with van der Waals surface area (Å²) in [5, 5.41) is 3.51. The van der Waals surface area contributed by atoms with Crippen molar-refractivity contribution < 1.29 is 0 Å². The quantitative estimate of drug-likeness (QED) is 0.923. The number of rotatable bonds is 4. The van der Waals surface area contributed by atoms with Gasteiger partial charge < -0.3 is 10.2 Å². The van der Waals surface area contributed by atoms with Crippen LogP contribution in [0.1, 0.15) is 38.3 Å². The van der Waals surface area contributed by atoms with E-state index in [1.54, 1.807) is 0 Å². The Morgan fingerprint density at radius 1 is 1.36 bits per heavy atom. The Morgan fingerprint density at radius 2 is 2.27 bits per heavy atom. The van der Waals surface area contributed by atoms with Crippen LogP contribution < -0.4 is 5.32 Å². The molecule has 3 unspecified atom stereocenters. The van der Waals surface area contributed by atoms with Gasteiger partial charge in [-0.05, 0) is 43.9 Å². The monoisotopic (exact) mass is 302 g/mol. The molecule has 1 aromatic rings. The van der Waals surface area contributed by atoms with Gasteiger partial charge in [0.25, 0.3) is 0 Å². The van der Waals surface area contributed by atoms with Crippen molar-refractivity contribution in [3.05, 3.63) is 30.1 Å². The molecule has 122 valence electrons. The molecule has 1 aromatic heterocycles. The Labute approximate surface area is 134 Å². The van der Waals surface area contributed by atoms with Gasteiger partial charge in [-0.1, -0.05) is 13.0 Å². The number of aromatic nitrogens is 1. The molecule has 0 bridgehead atoms. The molecule has 0 saturated carbocycles. The van der Waals surface area contributed by atoms with Crippen LogP contribution in [-0.4, -0.2) is 60.1 Å². The van der Waals surface area contributed by atoms with Crippen molar-refractivity contribution in [2.75, 3.05) is 39.3 Å². The first kappa shape index (κ1) is 15.9. The Morgan fingerprint density at radius 3 is 3.00 bits per heavy atom. The van der Waals surface area contributed by atoms with Crippen molar-refractivity contribution in [2.45, 2.75) is 38.8 Å². The number of piperidine rings is 1. The lowest BCUT2D eigenvalue weighted by Crippen LogP contribution is -2.53. The van der Waals surface area contributed by atoms with E-state index >= 15 is 0 Å². The lowest BCUT2D eigenvalue weighted by atomic mass is 9.97. The number of hydrogen-bond acceptors (Lipinski definition) is 4. The highest BCUT2D eigenvalue weighted by Gasteiger charge is 2.29. The minimum atomic E-state index is 0.469. The Kier molecular flexibility index (Phi) is 5.45. The number of hydrogen-bond donors (Lipinski definition) is 1. The molecule has 0 spiro atoms. The van der Waals surface area contributed by atoms with Crippen LogP contribution in [0, 0.1) is 5.92 Å². The molecule has 2 saturated heterocycles. The van der Waals surface area contributed by atoms with Crippen LogP contribution in [0.4, 0.5) is 0 Å². The van der Waals surface area contributed by atoms with E-state index in [1.807, 2.05) is 6.20 Å². The molecular formula is C18H30N4. The third kappa shape index (κ3) is 3.86. The SMILES string of the molecule is CC1CCCN(CC(c2cccnc2)N2CCNCC2C)C1. The molecule has 2 aliphatic rings. The minimum Gasteiger partial charge on any atom is -0.314 e. The first-order chi connectivity index (χ1) is 10.7. The van der Waals surface area contributed by atoms with Gasteiger partial charge >= 0.3 is 0 Å². The van der Waals surface area contributed by atoms with Crippen LogP contribution in [0.3, 0.4) is 0 Å². The normalized spacial score (nSPS) is 29.4. The molecule has 3 atom stereocenters. The van der Waals surface area contributed by atoms with Gasteiger partial charge in [-0.15, -0.1) is 0 Å². The van der Waals surface area contributed by atoms with E-state index < -0.39 is 0 Å². The van der Waals surface area contributed by atoms with Gasteiger partial charge in [0.2, 0.25) is 0 Å². The molecule has 0 aromatic carbocycles. The van der Waals surface area contributed by atoms with Crippen molar-refractivity contribution in [2.24, 2.45) is 5.92 Å². The number of likely N-dealkylation sites (tertiary alicyclic amines) is 1. The van der Waals surface area contributed by atoms with Gasteiger partial charge in [0.1, 0.15) is 0 Å². The molecule has 3 heterocycles. The molecule has 4 nitrogen and oxygen atoms in total. The fourth-order valence-corrected chi connectivity index (χ4v) is 3.99. The second-order valence-electron chi connectivity index (χ2n) is 7.10. The Balaban J connectivity index is 1.76. The largest absolute Gasteiger partial charge is 0.314 e. The lowest BCUT2D eigenvalue weighted by Gasteiger charge is -2.43. The van der Waals surface area contributed by atoms with E-state index in [0.29, 0.717) is 12.1 Å². The Hall–Kier alpha value is -0.970. The van der Waals surface area contributed by atoms with Crippen molar-refractivity contribution in [3.63, 3.8) is 0 Å². The van der Waals surface area contributed by atoms with Crippen LogP contribution in [0.15, 0.2) is 24.5 Å². The van der Waals surface area contributed by atoms with Crippen molar-refractivity contribution in [1.82, 2.24) is 20.1 Å². The van der Waals surface area contributed by atoms with Crippen LogP contribution in [0.25, 0.3) is 0 Å². The third-order valence-corrected chi connectivity index (χ3v) is 5.19. The predicted molar refractivity (Wildman–Crippen MR) is 90.9 cm³/mol. The molecule has 22 heavy (non-hydrogen) atoms. The summed E-state index contributed by atoms with van der Waals surface area (Å²) in [4.78, 5) is 9.71. The summed E-state index contributed by atoms with van der Waals surface area (Å²) in [6.45, 7) is 11.7. The van der Waals surface area contributed by atoms with E-state index in [1.165, 1.54) is 31.5 Å². The average molecular weight is 302 g/mol.